The van der Waals surface area contributed by atoms with Crippen molar-refractivity contribution in [2.24, 2.45) is 5.84 Å². The number of nitrogens with one attached hydrogen (secondary N) is 1. The van der Waals surface area contributed by atoms with Crippen LogP contribution in [0.2, 0.25) is 5.02 Å². The van der Waals surface area contributed by atoms with Crippen molar-refractivity contribution < 1.29 is 8.78 Å². The number of halogens is 4. The fraction of sp³-hybridized carbons (Fsp3) is 0.143. The van der Waals surface area contributed by atoms with Gasteiger partial charge in [-0.25, -0.2) is 8.78 Å². The Morgan fingerprint density at radius 2 is 1.90 bits per heavy atom. The molecule has 106 valence electrons. The standard InChI is InChI=1S/C14H12BrClF2N2/c15-10-3-1-8(13(18)7-10)6-14(20-19)9-2-4-12(17)11(16)5-9/h1-5,7,14,20H,6,19H2. The van der Waals surface area contributed by atoms with Crippen LogP contribution < -0.4 is 11.3 Å². The molecule has 0 bridgehead atoms. The van der Waals surface area contributed by atoms with Gasteiger partial charge < -0.3 is 0 Å². The Labute approximate surface area is 129 Å². The van der Waals surface area contributed by atoms with Gasteiger partial charge in [-0.1, -0.05) is 39.7 Å². The van der Waals surface area contributed by atoms with Crippen molar-refractivity contribution in [3.63, 3.8) is 0 Å². The predicted molar refractivity (Wildman–Crippen MR) is 79.3 cm³/mol. The number of benzene rings is 2. The first-order valence-electron chi connectivity index (χ1n) is 5.86. The lowest BCUT2D eigenvalue weighted by Crippen LogP contribution is -2.29. The van der Waals surface area contributed by atoms with Crippen molar-refractivity contribution in [2.75, 3.05) is 0 Å². The van der Waals surface area contributed by atoms with E-state index >= 15 is 0 Å². The first kappa shape index (κ1) is 15.4. The molecule has 2 nitrogen and oxygen atoms in total. The summed E-state index contributed by atoms with van der Waals surface area (Å²) in [6.45, 7) is 0. The van der Waals surface area contributed by atoms with Crippen molar-refractivity contribution in [1.82, 2.24) is 5.43 Å². The molecule has 0 aliphatic heterocycles. The number of hydrazine groups is 1. The predicted octanol–water partition coefficient (Wildman–Crippen LogP) is 4.13. The molecule has 2 aromatic rings. The molecule has 20 heavy (non-hydrogen) atoms. The second-order valence-electron chi connectivity index (χ2n) is 4.33. The van der Waals surface area contributed by atoms with Crippen LogP contribution in [0.3, 0.4) is 0 Å². The summed E-state index contributed by atoms with van der Waals surface area (Å²) < 4.78 is 27.6. The van der Waals surface area contributed by atoms with Crippen LogP contribution in [0, 0.1) is 11.6 Å². The van der Waals surface area contributed by atoms with Crippen molar-refractivity contribution in [3.05, 3.63) is 68.7 Å². The van der Waals surface area contributed by atoms with Gasteiger partial charge in [-0.2, -0.15) is 0 Å². The SMILES string of the molecule is NNC(Cc1ccc(Br)cc1F)c1ccc(F)c(Cl)c1. The monoisotopic (exact) mass is 360 g/mol. The second kappa shape index (κ2) is 6.63. The summed E-state index contributed by atoms with van der Waals surface area (Å²) in [7, 11) is 0. The third kappa shape index (κ3) is 3.55. The molecule has 1 atom stereocenters. The molecule has 2 aromatic carbocycles. The van der Waals surface area contributed by atoms with Crippen molar-refractivity contribution >= 4 is 27.5 Å². The summed E-state index contributed by atoms with van der Waals surface area (Å²) in [5.41, 5.74) is 3.80. The average Bonchev–Trinajstić information content (AvgIpc) is 2.41. The molecule has 0 heterocycles. The summed E-state index contributed by atoms with van der Waals surface area (Å²) in [4.78, 5) is 0. The van der Waals surface area contributed by atoms with E-state index in [-0.39, 0.29) is 16.9 Å². The first-order valence-corrected chi connectivity index (χ1v) is 7.03. The maximum absolute atomic E-state index is 13.8. The van der Waals surface area contributed by atoms with Gasteiger partial charge >= 0.3 is 0 Å². The molecular formula is C14H12BrClF2N2. The highest BCUT2D eigenvalue weighted by atomic mass is 79.9. The van der Waals surface area contributed by atoms with E-state index < -0.39 is 5.82 Å². The van der Waals surface area contributed by atoms with Crippen LogP contribution >= 0.6 is 27.5 Å². The number of hydrogen-bond donors (Lipinski definition) is 2. The summed E-state index contributed by atoms with van der Waals surface area (Å²) in [5.74, 6) is 4.68. The second-order valence-corrected chi connectivity index (χ2v) is 5.66. The normalized spacial score (nSPS) is 12.4. The molecule has 0 fully saturated rings. The zero-order valence-corrected chi connectivity index (χ0v) is 12.7. The fourth-order valence-corrected chi connectivity index (χ4v) is 2.43. The van der Waals surface area contributed by atoms with E-state index in [4.69, 9.17) is 17.4 Å². The minimum atomic E-state index is -0.499. The highest BCUT2D eigenvalue weighted by molar-refractivity contribution is 9.10. The lowest BCUT2D eigenvalue weighted by molar-refractivity contribution is 0.527. The molecule has 0 saturated heterocycles. The van der Waals surface area contributed by atoms with E-state index in [2.05, 4.69) is 21.4 Å². The van der Waals surface area contributed by atoms with Crippen molar-refractivity contribution in [1.29, 1.82) is 0 Å². The number of hydrogen-bond acceptors (Lipinski definition) is 2. The van der Waals surface area contributed by atoms with Gasteiger partial charge in [0.05, 0.1) is 11.1 Å². The van der Waals surface area contributed by atoms with Crippen molar-refractivity contribution in [3.8, 4) is 0 Å². The van der Waals surface area contributed by atoms with Gasteiger partial charge in [-0.05, 0) is 41.8 Å². The Bertz CT molecular complexity index is 622. The number of nitrogens with two attached hydrogens (primary N) is 1. The molecule has 0 spiro atoms. The maximum atomic E-state index is 13.8. The lowest BCUT2D eigenvalue weighted by atomic mass is 9.99. The van der Waals surface area contributed by atoms with Crippen LogP contribution in [0.25, 0.3) is 0 Å². The zero-order valence-electron chi connectivity index (χ0n) is 10.3. The van der Waals surface area contributed by atoms with Gasteiger partial charge in [0.15, 0.2) is 0 Å². The van der Waals surface area contributed by atoms with Crippen LogP contribution in [0.5, 0.6) is 0 Å². The van der Waals surface area contributed by atoms with E-state index in [1.54, 1.807) is 18.2 Å². The van der Waals surface area contributed by atoms with E-state index in [1.807, 2.05) is 0 Å². The van der Waals surface area contributed by atoms with Gasteiger partial charge in [0.25, 0.3) is 0 Å². The van der Waals surface area contributed by atoms with Gasteiger partial charge in [0.2, 0.25) is 0 Å². The third-order valence-corrected chi connectivity index (χ3v) is 3.77. The highest BCUT2D eigenvalue weighted by Crippen LogP contribution is 2.25. The summed E-state index contributed by atoms with van der Waals surface area (Å²) in [6.07, 6.45) is 0.331. The van der Waals surface area contributed by atoms with Crippen LogP contribution in [0.15, 0.2) is 40.9 Å². The number of rotatable bonds is 4. The molecule has 0 radical (unpaired) electrons. The van der Waals surface area contributed by atoms with E-state index in [1.165, 1.54) is 18.2 Å². The van der Waals surface area contributed by atoms with Crippen LogP contribution in [-0.4, -0.2) is 0 Å². The Kier molecular flexibility index (Phi) is 5.10. The molecule has 0 aromatic heterocycles. The maximum Gasteiger partial charge on any atom is 0.141 e. The Hall–Kier alpha value is -1.01. The van der Waals surface area contributed by atoms with E-state index in [9.17, 15) is 8.78 Å². The molecule has 6 heteroatoms. The Morgan fingerprint density at radius 1 is 1.15 bits per heavy atom. The topological polar surface area (TPSA) is 38.0 Å². The molecule has 3 N–H and O–H groups in total. The fourth-order valence-electron chi connectivity index (χ4n) is 1.91. The van der Waals surface area contributed by atoms with E-state index in [0.717, 1.165) is 0 Å². The Morgan fingerprint density at radius 3 is 2.50 bits per heavy atom. The third-order valence-electron chi connectivity index (χ3n) is 2.99. The summed E-state index contributed by atoms with van der Waals surface area (Å²) >= 11 is 8.95. The minimum absolute atomic E-state index is 0.0130. The van der Waals surface area contributed by atoms with Gasteiger partial charge in [-0.15, -0.1) is 0 Å². The molecule has 1 unspecified atom stereocenters. The van der Waals surface area contributed by atoms with Crippen LogP contribution in [-0.2, 0) is 6.42 Å². The van der Waals surface area contributed by atoms with E-state index in [0.29, 0.717) is 22.0 Å². The smallest absolute Gasteiger partial charge is 0.141 e. The van der Waals surface area contributed by atoms with Crippen LogP contribution in [0.1, 0.15) is 17.2 Å². The van der Waals surface area contributed by atoms with Gasteiger partial charge in [-0.3, -0.25) is 11.3 Å². The molecule has 0 amide bonds. The largest absolute Gasteiger partial charge is 0.271 e. The lowest BCUT2D eigenvalue weighted by Gasteiger charge is -2.17. The summed E-state index contributed by atoms with van der Waals surface area (Å²) in [6, 6.07) is 8.78. The minimum Gasteiger partial charge on any atom is -0.271 e. The average molecular weight is 362 g/mol. The zero-order chi connectivity index (χ0) is 14.7. The van der Waals surface area contributed by atoms with Gasteiger partial charge in [0.1, 0.15) is 11.6 Å². The quantitative estimate of drug-likeness (QED) is 0.635. The molecule has 0 aliphatic carbocycles. The van der Waals surface area contributed by atoms with Crippen LogP contribution in [0.4, 0.5) is 8.78 Å². The van der Waals surface area contributed by atoms with Gasteiger partial charge in [0, 0.05) is 4.47 Å². The molecular weight excluding hydrogens is 350 g/mol. The summed E-state index contributed by atoms with van der Waals surface area (Å²) in [5, 5.41) is 0.0130. The molecule has 0 aliphatic rings. The molecule has 2 rings (SSSR count). The van der Waals surface area contributed by atoms with Crippen molar-refractivity contribution in [2.45, 2.75) is 12.5 Å². The molecule has 0 saturated carbocycles. The first-order chi connectivity index (χ1) is 9.51. The Balaban J connectivity index is 2.26. The highest BCUT2D eigenvalue weighted by Gasteiger charge is 2.15.